The van der Waals surface area contributed by atoms with Gasteiger partial charge in [-0.2, -0.15) is 0 Å². The lowest BCUT2D eigenvalue weighted by atomic mass is 10.0. The Morgan fingerprint density at radius 2 is 1.89 bits per heavy atom. The van der Waals surface area contributed by atoms with Gasteiger partial charge in [-0.05, 0) is 43.3 Å². The van der Waals surface area contributed by atoms with Crippen molar-refractivity contribution in [3.63, 3.8) is 0 Å². The predicted molar refractivity (Wildman–Crippen MR) is 160 cm³/mol. The maximum Gasteiger partial charge on any atom is 0.290 e. The zero-order valence-corrected chi connectivity index (χ0v) is 24.2. The molecule has 2 aromatic carbocycles. The van der Waals surface area contributed by atoms with Gasteiger partial charge in [0.15, 0.2) is 0 Å². The number of carbonyl (C=O) groups excluding carboxylic acids is 2. The molecule has 6 aromatic rings. The summed E-state index contributed by atoms with van der Waals surface area (Å²) in [5.74, 6) is -2.18. The lowest BCUT2D eigenvalue weighted by molar-refractivity contribution is 0.0371. The van der Waals surface area contributed by atoms with Gasteiger partial charge in [0.05, 0.1) is 52.3 Å². The van der Waals surface area contributed by atoms with Gasteiger partial charge in [-0.3, -0.25) is 18.7 Å². The van der Waals surface area contributed by atoms with Crippen LogP contribution in [0.4, 0.5) is 14.5 Å². The Balaban J connectivity index is 1.48. The fourth-order valence-electron chi connectivity index (χ4n) is 5.45. The highest BCUT2D eigenvalue weighted by molar-refractivity contribution is 7.92. The molecule has 224 valence electrons. The van der Waals surface area contributed by atoms with E-state index in [0.717, 1.165) is 0 Å². The molecule has 0 unspecified atom stereocenters. The van der Waals surface area contributed by atoms with E-state index < -0.39 is 33.8 Å². The first-order valence-corrected chi connectivity index (χ1v) is 15.4. The quantitative estimate of drug-likeness (QED) is 0.280. The van der Waals surface area contributed by atoms with Crippen molar-refractivity contribution in [1.29, 1.82) is 0 Å². The normalized spacial score (nSPS) is 14.0. The van der Waals surface area contributed by atoms with E-state index in [1.165, 1.54) is 37.1 Å². The van der Waals surface area contributed by atoms with Crippen molar-refractivity contribution in [3.05, 3.63) is 72.0 Å². The van der Waals surface area contributed by atoms with Crippen LogP contribution in [-0.4, -0.2) is 71.6 Å². The van der Waals surface area contributed by atoms with E-state index >= 15 is 0 Å². The smallest absolute Gasteiger partial charge is 0.290 e. The van der Waals surface area contributed by atoms with Gasteiger partial charge >= 0.3 is 0 Å². The van der Waals surface area contributed by atoms with Gasteiger partial charge in [0.25, 0.3) is 11.8 Å². The molecule has 44 heavy (non-hydrogen) atoms. The number of nitrogens with one attached hydrogen (secondary N) is 2. The fourth-order valence-corrected chi connectivity index (χ4v) is 6.10. The van der Waals surface area contributed by atoms with Gasteiger partial charge in [-0.1, -0.05) is 6.07 Å². The molecule has 4 aromatic heterocycles. The Morgan fingerprint density at radius 1 is 1.09 bits per heavy atom. The molecule has 0 spiro atoms. The summed E-state index contributed by atoms with van der Waals surface area (Å²) in [7, 11) is -2.40. The van der Waals surface area contributed by atoms with Crippen LogP contribution < -0.4 is 10.0 Å². The summed E-state index contributed by atoms with van der Waals surface area (Å²) >= 11 is 0. The third-order valence-corrected chi connectivity index (χ3v) is 9.07. The van der Waals surface area contributed by atoms with Crippen LogP contribution >= 0.6 is 0 Å². The number of likely N-dealkylation sites (tertiary alicyclic amines) is 1. The molecule has 0 bridgehead atoms. The predicted octanol–water partition coefficient (Wildman–Crippen LogP) is 4.50. The summed E-state index contributed by atoms with van der Waals surface area (Å²) in [4.78, 5) is 36.8. The second-order valence-corrected chi connectivity index (χ2v) is 12.5. The van der Waals surface area contributed by atoms with E-state index in [0.29, 0.717) is 38.7 Å². The molecule has 0 atom stereocenters. The van der Waals surface area contributed by atoms with Crippen molar-refractivity contribution in [3.8, 4) is 11.3 Å². The van der Waals surface area contributed by atoms with Crippen LogP contribution in [0, 0.1) is 5.82 Å². The van der Waals surface area contributed by atoms with E-state index in [1.807, 2.05) is 0 Å². The minimum atomic E-state index is -3.80. The molecule has 5 heterocycles. The van der Waals surface area contributed by atoms with Gasteiger partial charge in [0.1, 0.15) is 29.4 Å². The van der Waals surface area contributed by atoms with E-state index in [9.17, 15) is 26.8 Å². The summed E-state index contributed by atoms with van der Waals surface area (Å²) in [6.45, 7) is 1.22. The average molecular weight is 619 g/mol. The Hall–Kier alpha value is -5.11. The van der Waals surface area contributed by atoms with E-state index in [4.69, 9.17) is 9.40 Å². The summed E-state index contributed by atoms with van der Waals surface area (Å²) in [6.07, 6.45) is 0.416. The van der Waals surface area contributed by atoms with Crippen LogP contribution in [0.25, 0.3) is 49.7 Å². The number of hydrogen-bond donors (Lipinski definition) is 2. The van der Waals surface area contributed by atoms with Crippen molar-refractivity contribution in [2.24, 2.45) is 0 Å². The third-order valence-electron chi connectivity index (χ3n) is 7.78. The number of anilines is 1. The van der Waals surface area contributed by atoms with Crippen molar-refractivity contribution >= 4 is 65.9 Å². The van der Waals surface area contributed by atoms with E-state index in [2.05, 4.69) is 15.0 Å². The highest BCUT2D eigenvalue weighted by atomic mass is 32.2. The zero-order valence-electron chi connectivity index (χ0n) is 23.4. The summed E-state index contributed by atoms with van der Waals surface area (Å²) < 4.78 is 63.8. The van der Waals surface area contributed by atoms with Crippen LogP contribution in [-0.2, 0) is 10.0 Å². The number of halogens is 2. The number of furan rings is 1. The van der Waals surface area contributed by atoms with Gasteiger partial charge in [-0.15, -0.1) is 0 Å². The van der Waals surface area contributed by atoms with Crippen molar-refractivity contribution in [1.82, 2.24) is 24.6 Å². The molecule has 11 nitrogen and oxygen atoms in total. The second-order valence-electron chi connectivity index (χ2n) is 10.5. The molecule has 2 N–H and O–H groups in total. The largest absolute Gasteiger partial charge is 0.450 e. The Morgan fingerprint density at radius 3 is 2.61 bits per heavy atom. The van der Waals surface area contributed by atoms with Crippen LogP contribution in [0.2, 0.25) is 0 Å². The number of fused-ring (bicyclic) bond motifs is 6. The zero-order chi connectivity index (χ0) is 30.9. The first-order chi connectivity index (χ1) is 21.1. The number of rotatable bonds is 6. The van der Waals surface area contributed by atoms with Gasteiger partial charge < -0.3 is 14.6 Å². The summed E-state index contributed by atoms with van der Waals surface area (Å²) in [5.41, 5.74) is 2.83. The van der Waals surface area contributed by atoms with Crippen molar-refractivity contribution in [2.45, 2.75) is 13.1 Å². The van der Waals surface area contributed by atoms with Gasteiger partial charge in [0.2, 0.25) is 15.8 Å². The minimum Gasteiger partial charge on any atom is -0.450 e. The number of benzene rings is 2. The van der Waals surface area contributed by atoms with Crippen LogP contribution in [0.5, 0.6) is 0 Å². The molecular weight excluding hydrogens is 594 g/mol. The van der Waals surface area contributed by atoms with E-state index in [1.54, 1.807) is 41.1 Å². The number of sulfonamides is 1. The van der Waals surface area contributed by atoms with Crippen molar-refractivity contribution < 1.29 is 31.2 Å². The number of alkyl halides is 1. The molecule has 1 saturated heterocycles. The molecule has 0 aliphatic carbocycles. The van der Waals surface area contributed by atoms with Gasteiger partial charge in [0, 0.05) is 29.4 Å². The number of nitrogens with zero attached hydrogens (tertiary/aromatic N) is 4. The molecule has 7 rings (SSSR count). The standard InChI is InChI=1S/C30H24F2N6O5S/c1-3-44(41,42)36-22-11-25-18(26(29(39)33-2)28(43-25)30(40)37-12-15(31)13-37)9-17(22)20-7-8-21-27(35-20)24-10-16-19(32)5-4-6-23(16)38(24)14-34-21/h4-11,14-15,36H,3,12-13H2,1-2H3,(H,33,39). The van der Waals surface area contributed by atoms with Crippen LogP contribution in [0.15, 0.2) is 59.3 Å². The first kappa shape index (κ1) is 27.7. The maximum absolute atomic E-state index is 14.6. The lowest BCUT2D eigenvalue weighted by Gasteiger charge is -2.33. The Kier molecular flexibility index (Phi) is 6.28. The number of amides is 2. The summed E-state index contributed by atoms with van der Waals surface area (Å²) in [6, 6.07) is 12.7. The average Bonchev–Trinajstić information content (AvgIpc) is 3.57. The Bertz CT molecular complexity index is 2290. The second kappa shape index (κ2) is 9.98. The lowest BCUT2D eigenvalue weighted by Crippen LogP contribution is -2.51. The maximum atomic E-state index is 14.6. The van der Waals surface area contributed by atoms with Crippen molar-refractivity contribution in [2.75, 3.05) is 30.6 Å². The Labute approximate surface area is 248 Å². The van der Waals surface area contributed by atoms with Crippen LogP contribution in [0.1, 0.15) is 27.8 Å². The fraction of sp³-hybridized carbons (Fsp3) is 0.200. The minimum absolute atomic E-state index is 0.0694. The molecule has 1 fully saturated rings. The molecule has 1 aliphatic rings. The number of hydrogen-bond acceptors (Lipinski definition) is 7. The van der Waals surface area contributed by atoms with Gasteiger partial charge in [-0.25, -0.2) is 27.2 Å². The topological polar surface area (TPSA) is 139 Å². The molecular formula is C30H24F2N6O5S. The summed E-state index contributed by atoms with van der Waals surface area (Å²) in [5, 5.41) is 3.13. The number of aromatic nitrogens is 3. The number of carbonyl (C=O) groups is 2. The highest BCUT2D eigenvalue weighted by Gasteiger charge is 2.36. The molecule has 2 amide bonds. The first-order valence-electron chi connectivity index (χ1n) is 13.7. The van der Waals surface area contributed by atoms with Crippen LogP contribution in [0.3, 0.4) is 0 Å². The molecule has 0 saturated carbocycles. The molecule has 1 aliphatic heterocycles. The molecule has 0 radical (unpaired) electrons. The number of pyridine rings is 1. The monoisotopic (exact) mass is 618 g/mol. The SMILES string of the molecule is CCS(=O)(=O)Nc1cc2oc(C(=O)N3CC(F)C3)c(C(=O)NC)c2cc1-c1ccc2ncn3c4cccc(F)c4cc3c2n1. The highest BCUT2D eigenvalue weighted by Crippen LogP contribution is 2.38. The molecule has 14 heteroatoms. The third kappa shape index (κ3) is 4.32. The van der Waals surface area contributed by atoms with E-state index in [-0.39, 0.29) is 46.8 Å².